The Bertz CT molecular complexity index is 1120. The number of rotatable bonds is 6. The molecular formula is C23H18BrN3O4. The summed E-state index contributed by atoms with van der Waals surface area (Å²) < 4.78 is 6.36. The van der Waals surface area contributed by atoms with E-state index in [0.717, 1.165) is 4.90 Å². The first kappa shape index (κ1) is 20.8. The molecule has 3 amide bonds. The van der Waals surface area contributed by atoms with E-state index in [4.69, 9.17) is 4.74 Å². The van der Waals surface area contributed by atoms with Gasteiger partial charge in [-0.05, 0) is 64.5 Å². The van der Waals surface area contributed by atoms with Gasteiger partial charge in [-0.1, -0.05) is 30.3 Å². The molecule has 7 nitrogen and oxygen atoms in total. The van der Waals surface area contributed by atoms with Crippen molar-refractivity contribution in [2.24, 2.45) is 0 Å². The highest BCUT2D eigenvalue weighted by molar-refractivity contribution is 9.10. The van der Waals surface area contributed by atoms with Crippen LogP contribution in [0.2, 0.25) is 0 Å². The Hall–Kier alpha value is -3.49. The third-order valence-electron chi connectivity index (χ3n) is 4.70. The molecule has 1 aliphatic rings. The minimum atomic E-state index is -0.848. The fraction of sp³-hybridized carbons (Fsp3) is 0.0870. The van der Waals surface area contributed by atoms with Crippen molar-refractivity contribution in [3.05, 3.63) is 88.9 Å². The first-order valence-electron chi connectivity index (χ1n) is 9.53. The van der Waals surface area contributed by atoms with Gasteiger partial charge in [0.25, 0.3) is 11.8 Å². The number of ether oxygens (including phenoxy) is 1. The quantitative estimate of drug-likeness (QED) is 0.414. The van der Waals surface area contributed by atoms with Crippen molar-refractivity contribution >= 4 is 39.3 Å². The van der Waals surface area contributed by atoms with Crippen LogP contribution < -0.4 is 20.5 Å². The van der Waals surface area contributed by atoms with Gasteiger partial charge in [0.1, 0.15) is 17.5 Å². The van der Waals surface area contributed by atoms with Crippen LogP contribution in [-0.2, 0) is 9.59 Å². The highest BCUT2D eigenvalue weighted by Gasteiger charge is 2.39. The molecule has 1 atom stereocenters. The largest absolute Gasteiger partial charge is 0.457 e. The van der Waals surface area contributed by atoms with E-state index in [1.165, 1.54) is 0 Å². The zero-order valence-electron chi connectivity index (χ0n) is 16.2. The number of nitrogens with zero attached hydrogens (tertiary/aromatic N) is 1. The number of benzene rings is 3. The zero-order valence-corrected chi connectivity index (χ0v) is 17.8. The summed E-state index contributed by atoms with van der Waals surface area (Å²) in [6.45, 7) is 0. The minimum absolute atomic E-state index is 0.0582. The third-order valence-corrected chi connectivity index (χ3v) is 5.39. The van der Waals surface area contributed by atoms with Gasteiger partial charge in [0, 0.05) is 4.47 Å². The number of amides is 3. The molecule has 1 fully saturated rings. The molecule has 0 aromatic heterocycles. The van der Waals surface area contributed by atoms with Crippen molar-refractivity contribution < 1.29 is 19.1 Å². The van der Waals surface area contributed by atoms with Crippen molar-refractivity contribution in [1.82, 2.24) is 10.9 Å². The molecule has 0 spiro atoms. The molecule has 0 unspecified atom stereocenters. The lowest BCUT2D eigenvalue weighted by molar-refractivity contribution is -0.121. The molecule has 3 aromatic carbocycles. The number of nitrogens with one attached hydrogen (secondary N) is 2. The number of anilines is 1. The van der Waals surface area contributed by atoms with Gasteiger partial charge in [0.15, 0.2) is 0 Å². The number of carbonyl (C=O) groups excluding carboxylic acids is 3. The molecule has 0 bridgehead atoms. The van der Waals surface area contributed by atoms with Crippen molar-refractivity contribution in [3.8, 4) is 11.5 Å². The lowest BCUT2D eigenvalue weighted by Gasteiger charge is -2.16. The predicted molar refractivity (Wildman–Crippen MR) is 119 cm³/mol. The molecule has 0 radical (unpaired) electrons. The second-order valence-electron chi connectivity index (χ2n) is 6.81. The van der Waals surface area contributed by atoms with E-state index < -0.39 is 17.9 Å². The molecule has 3 aromatic rings. The average Bonchev–Trinajstić information content (AvgIpc) is 3.07. The number of hydrogen-bond acceptors (Lipinski definition) is 5. The minimum Gasteiger partial charge on any atom is -0.457 e. The van der Waals surface area contributed by atoms with Crippen LogP contribution in [0, 0.1) is 0 Å². The molecule has 31 heavy (non-hydrogen) atoms. The van der Waals surface area contributed by atoms with Crippen molar-refractivity contribution in [1.29, 1.82) is 0 Å². The Morgan fingerprint density at radius 1 is 0.903 bits per heavy atom. The smallest absolute Gasteiger partial charge is 0.266 e. The first-order valence-corrected chi connectivity index (χ1v) is 10.3. The summed E-state index contributed by atoms with van der Waals surface area (Å²) in [5.41, 5.74) is 6.03. The highest BCUT2D eigenvalue weighted by Crippen LogP contribution is 2.27. The Morgan fingerprint density at radius 2 is 1.55 bits per heavy atom. The van der Waals surface area contributed by atoms with Gasteiger partial charge in [-0.15, -0.1) is 0 Å². The van der Waals surface area contributed by atoms with E-state index in [0.29, 0.717) is 27.2 Å². The molecule has 8 heteroatoms. The predicted octanol–water partition coefficient (Wildman–Crippen LogP) is 3.81. The van der Waals surface area contributed by atoms with Crippen LogP contribution in [0.3, 0.4) is 0 Å². The summed E-state index contributed by atoms with van der Waals surface area (Å²) in [7, 11) is 0. The summed E-state index contributed by atoms with van der Waals surface area (Å²) in [4.78, 5) is 38.6. The number of imide groups is 1. The Balaban J connectivity index is 1.40. The summed E-state index contributed by atoms with van der Waals surface area (Å²) in [5.74, 6) is 0.0789. The van der Waals surface area contributed by atoms with Crippen LogP contribution in [0.4, 0.5) is 5.69 Å². The maximum Gasteiger partial charge on any atom is 0.266 e. The molecular weight excluding hydrogens is 462 g/mol. The fourth-order valence-corrected chi connectivity index (χ4v) is 3.63. The summed E-state index contributed by atoms with van der Waals surface area (Å²) in [6, 6.07) is 22.0. The van der Waals surface area contributed by atoms with Gasteiger partial charge in [-0.2, -0.15) is 0 Å². The number of carbonyl (C=O) groups is 3. The van der Waals surface area contributed by atoms with Crippen LogP contribution in [0.25, 0.3) is 0 Å². The lowest BCUT2D eigenvalue weighted by atomic mass is 10.2. The van der Waals surface area contributed by atoms with Crippen LogP contribution in [0.1, 0.15) is 16.8 Å². The SMILES string of the molecule is O=C(NN[C@@H]1CC(=O)N(c2ccc(Oc3ccccc3)cc2)C1=O)c1ccccc1Br. The molecule has 1 saturated heterocycles. The van der Waals surface area contributed by atoms with Gasteiger partial charge in [-0.25, -0.2) is 10.3 Å². The lowest BCUT2D eigenvalue weighted by Crippen LogP contribution is -2.48. The van der Waals surface area contributed by atoms with Crippen molar-refractivity contribution in [2.75, 3.05) is 4.90 Å². The van der Waals surface area contributed by atoms with Gasteiger partial charge < -0.3 is 4.74 Å². The summed E-state index contributed by atoms with van der Waals surface area (Å²) in [6.07, 6.45) is -0.0582. The van der Waals surface area contributed by atoms with Crippen molar-refractivity contribution in [2.45, 2.75) is 12.5 Å². The second kappa shape index (κ2) is 9.11. The van der Waals surface area contributed by atoms with Gasteiger partial charge in [0.2, 0.25) is 5.91 Å². The van der Waals surface area contributed by atoms with E-state index in [1.807, 2.05) is 30.3 Å². The molecule has 1 aliphatic heterocycles. The van der Waals surface area contributed by atoms with Gasteiger partial charge >= 0.3 is 0 Å². The van der Waals surface area contributed by atoms with Gasteiger partial charge in [-0.3, -0.25) is 19.8 Å². The van der Waals surface area contributed by atoms with Crippen LogP contribution >= 0.6 is 15.9 Å². The number of halogens is 1. The van der Waals surface area contributed by atoms with E-state index in [1.54, 1.807) is 48.5 Å². The van der Waals surface area contributed by atoms with Gasteiger partial charge in [0.05, 0.1) is 17.7 Å². The van der Waals surface area contributed by atoms with E-state index in [-0.39, 0.29) is 12.3 Å². The molecule has 2 N–H and O–H groups in total. The van der Waals surface area contributed by atoms with E-state index in [2.05, 4.69) is 26.8 Å². The molecule has 156 valence electrons. The monoisotopic (exact) mass is 479 g/mol. The second-order valence-corrected chi connectivity index (χ2v) is 7.67. The molecule has 0 aliphatic carbocycles. The Morgan fingerprint density at radius 3 is 2.26 bits per heavy atom. The summed E-state index contributed by atoms with van der Waals surface area (Å²) >= 11 is 3.31. The molecule has 0 saturated carbocycles. The topological polar surface area (TPSA) is 87.7 Å². The maximum atomic E-state index is 12.8. The maximum absolute atomic E-state index is 12.8. The molecule has 1 heterocycles. The summed E-state index contributed by atoms with van der Waals surface area (Å²) in [5, 5.41) is 0. The van der Waals surface area contributed by atoms with E-state index in [9.17, 15) is 14.4 Å². The first-order chi connectivity index (χ1) is 15.0. The Labute approximate surface area is 187 Å². The normalized spacial score (nSPS) is 15.8. The number of para-hydroxylation sites is 1. The average molecular weight is 480 g/mol. The zero-order chi connectivity index (χ0) is 21.8. The highest BCUT2D eigenvalue weighted by atomic mass is 79.9. The fourth-order valence-electron chi connectivity index (χ4n) is 3.17. The number of hydrazine groups is 1. The molecule has 4 rings (SSSR count). The number of hydrogen-bond donors (Lipinski definition) is 2. The Kier molecular flexibility index (Phi) is 6.11. The van der Waals surface area contributed by atoms with Crippen molar-refractivity contribution in [3.63, 3.8) is 0 Å². The van der Waals surface area contributed by atoms with Crippen LogP contribution in [0.5, 0.6) is 11.5 Å². The van der Waals surface area contributed by atoms with Crippen LogP contribution in [-0.4, -0.2) is 23.8 Å². The third kappa shape index (κ3) is 4.65. The van der Waals surface area contributed by atoms with E-state index >= 15 is 0 Å². The van der Waals surface area contributed by atoms with Crippen LogP contribution in [0.15, 0.2) is 83.3 Å². The standard InChI is InChI=1S/C23H18BrN3O4/c24-19-9-5-4-8-18(19)22(29)26-25-20-14-21(28)27(23(20)30)15-10-12-17(13-11-15)31-16-6-2-1-3-7-16/h1-13,20,25H,14H2,(H,26,29)/t20-/m1/s1.